The van der Waals surface area contributed by atoms with Crippen LogP contribution >= 0.6 is 0 Å². The summed E-state index contributed by atoms with van der Waals surface area (Å²) in [5.41, 5.74) is -0.773. The summed E-state index contributed by atoms with van der Waals surface area (Å²) in [6.45, 7) is 3.10. The maximum atomic E-state index is 12.2. The molecule has 0 bridgehead atoms. The molecule has 2 amide bonds. The minimum absolute atomic E-state index is 0.151. The van der Waals surface area contributed by atoms with Gasteiger partial charge in [-0.05, 0) is 37.3 Å². The minimum atomic E-state index is -1.10. The number of piperazine rings is 1. The summed E-state index contributed by atoms with van der Waals surface area (Å²) in [7, 11) is 0. The smallest absolute Gasteiger partial charge is 0.271 e. The number of nitrogens with zero attached hydrogens (tertiary/aromatic N) is 4. The molecule has 2 saturated carbocycles. The van der Waals surface area contributed by atoms with Crippen LogP contribution in [0.3, 0.4) is 0 Å². The van der Waals surface area contributed by atoms with Crippen LogP contribution in [0.4, 0.5) is 5.82 Å². The molecule has 1 aliphatic heterocycles. The lowest BCUT2D eigenvalue weighted by atomic mass is 10.2. The topological polar surface area (TPSA) is 98.7 Å². The van der Waals surface area contributed by atoms with E-state index < -0.39 is 5.60 Å². The van der Waals surface area contributed by atoms with Gasteiger partial charge in [0, 0.05) is 32.7 Å². The number of aromatic nitrogens is 2. The number of aliphatic hydroxyl groups is 1. The Hall–Kier alpha value is -2.22. The van der Waals surface area contributed by atoms with Crippen LogP contribution in [0.15, 0.2) is 12.1 Å². The molecule has 3 aliphatic rings. The Morgan fingerprint density at radius 3 is 2.46 bits per heavy atom. The van der Waals surface area contributed by atoms with E-state index in [0.717, 1.165) is 12.3 Å². The number of anilines is 1. The number of rotatable bonds is 6. The van der Waals surface area contributed by atoms with Gasteiger partial charge in [-0.2, -0.15) is 0 Å². The Balaban J connectivity index is 1.27. The van der Waals surface area contributed by atoms with E-state index in [4.69, 9.17) is 0 Å². The van der Waals surface area contributed by atoms with Crippen LogP contribution in [0.1, 0.15) is 42.6 Å². The lowest BCUT2D eigenvalue weighted by molar-refractivity contribution is -0.142. The van der Waals surface area contributed by atoms with Gasteiger partial charge in [-0.15, -0.1) is 10.2 Å². The van der Waals surface area contributed by atoms with Gasteiger partial charge in [-0.25, -0.2) is 0 Å². The molecule has 1 aromatic heterocycles. The second kappa shape index (κ2) is 6.83. The molecule has 0 radical (unpaired) electrons. The molecule has 2 aliphatic carbocycles. The zero-order valence-corrected chi connectivity index (χ0v) is 14.9. The normalized spacial score (nSPS) is 21.4. The number of carbonyl (C=O) groups excluding carboxylic acids is 2. The van der Waals surface area contributed by atoms with Crippen molar-refractivity contribution in [3.05, 3.63) is 17.8 Å². The first-order valence-corrected chi connectivity index (χ1v) is 9.44. The average molecular weight is 359 g/mol. The van der Waals surface area contributed by atoms with Gasteiger partial charge in [0.05, 0.1) is 0 Å². The first kappa shape index (κ1) is 17.2. The second-order valence-corrected chi connectivity index (χ2v) is 7.58. The van der Waals surface area contributed by atoms with Gasteiger partial charge >= 0.3 is 0 Å². The van der Waals surface area contributed by atoms with E-state index in [1.165, 1.54) is 12.8 Å². The number of hydrogen-bond acceptors (Lipinski definition) is 6. The van der Waals surface area contributed by atoms with Gasteiger partial charge in [-0.1, -0.05) is 12.8 Å². The highest BCUT2D eigenvalue weighted by molar-refractivity contribution is 5.92. The number of amides is 2. The summed E-state index contributed by atoms with van der Waals surface area (Å²) < 4.78 is 0. The predicted octanol–water partition coefficient (Wildman–Crippen LogP) is 0.180. The van der Waals surface area contributed by atoms with Crippen molar-refractivity contribution < 1.29 is 14.7 Å². The van der Waals surface area contributed by atoms with Crippen molar-refractivity contribution >= 4 is 17.6 Å². The lowest BCUT2D eigenvalue weighted by Gasteiger charge is -2.36. The van der Waals surface area contributed by atoms with E-state index in [-0.39, 0.29) is 11.8 Å². The molecule has 2 heterocycles. The molecule has 1 saturated heterocycles. The Kier molecular flexibility index (Phi) is 4.52. The fourth-order valence-corrected chi connectivity index (χ4v) is 3.27. The highest BCUT2D eigenvalue weighted by Gasteiger charge is 2.50. The SMILES string of the molecule is O=C(NCCC1CC1)c1ccc(N2CCN(C(=O)C3(O)CC3)CC2)nn1. The summed E-state index contributed by atoms with van der Waals surface area (Å²) in [4.78, 5) is 28.0. The standard InChI is InChI=1S/C18H25N5O3/c24-16(19-8-5-13-1-2-13)14-3-4-15(21-20-14)22-9-11-23(12-10-22)17(25)18(26)6-7-18/h3-4,13,26H,1-2,5-12H2,(H,19,24). The first-order chi connectivity index (χ1) is 12.5. The molecular weight excluding hydrogens is 334 g/mol. The van der Waals surface area contributed by atoms with Crippen LogP contribution in [-0.2, 0) is 4.79 Å². The van der Waals surface area contributed by atoms with Crippen molar-refractivity contribution in [2.24, 2.45) is 5.92 Å². The monoisotopic (exact) mass is 359 g/mol. The molecule has 3 fully saturated rings. The van der Waals surface area contributed by atoms with Crippen molar-refractivity contribution in [2.45, 2.75) is 37.7 Å². The van der Waals surface area contributed by atoms with Gasteiger partial charge in [0.1, 0.15) is 5.60 Å². The minimum Gasteiger partial charge on any atom is -0.380 e. The summed E-state index contributed by atoms with van der Waals surface area (Å²) in [5, 5.41) is 21.0. The van der Waals surface area contributed by atoms with Crippen LogP contribution in [0.25, 0.3) is 0 Å². The molecule has 26 heavy (non-hydrogen) atoms. The van der Waals surface area contributed by atoms with Crippen LogP contribution < -0.4 is 10.2 Å². The molecule has 8 nitrogen and oxygen atoms in total. The molecule has 8 heteroatoms. The predicted molar refractivity (Wildman–Crippen MR) is 94.7 cm³/mol. The first-order valence-electron chi connectivity index (χ1n) is 9.44. The van der Waals surface area contributed by atoms with Gasteiger partial charge in [0.25, 0.3) is 11.8 Å². The Morgan fingerprint density at radius 2 is 1.88 bits per heavy atom. The third kappa shape index (κ3) is 3.80. The van der Waals surface area contributed by atoms with Gasteiger partial charge < -0.3 is 20.2 Å². The lowest BCUT2D eigenvalue weighted by Crippen LogP contribution is -2.52. The summed E-state index contributed by atoms with van der Waals surface area (Å²) >= 11 is 0. The highest BCUT2D eigenvalue weighted by Crippen LogP contribution is 2.37. The summed E-state index contributed by atoms with van der Waals surface area (Å²) in [6.07, 6.45) is 4.74. The van der Waals surface area contributed by atoms with Crippen LogP contribution in [-0.4, -0.2) is 70.3 Å². The second-order valence-electron chi connectivity index (χ2n) is 7.58. The molecule has 0 atom stereocenters. The summed E-state index contributed by atoms with van der Waals surface area (Å²) in [6, 6.07) is 3.49. The van der Waals surface area contributed by atoms with E-state index in [0.29, 0.717) is 57.1 Å². The van der Waals surface area contributed by atoms with Crippen molar-refractivity contribution in [2.75, 3.05) is 37.6 Å². The molecule has 0 aromatic carbocycles. The molecule has 0 spiro atoms. The van der Waals surface area contributed by atoms with Crippen LogP contribution in [0.5, 0.6) is 0 Å². The Bertz CT molecular complexity index is 677. The van der Waals surface area contributed by atoms with E-state index in [2.05, 4.69) is 15.5 Å². The molecule has 140 valence electrons. The fraction of sp³-hybridized carbons (Fsp3) is 0.667. The highest BCUT2D eigenvalue weighted by atomic mass is 16.3. The van der Waals surface area contributed by atoms with Gasteiger partial charge in [-0.3, -0.25) is 9.59 Å². The quantitative estimate of drug-likeness (QED) is 0.752. The van der Waals surface area contributed by atoms with Crippen LogP contribution in [0, 0.1) is 5.92 Å². The number of nitrogens with one attached hydrogen (secondary N) is 1. The van der Waals surface area contributed by atoms with Crippen molar-refractivity contribution in [1.82, 2.24) is 20.4 Å². The maximum Gasteiger partial charge on any atom is 0.271 e. The van der Waals surface area contributed by atoms with Gasteiger partial charge in [0.15, 0.2) is 11.5 Å². The molecule has 2 N–H and O–H groups in total. The van der Waals surface area contributed by atoms with Crippen molar-refractivity contribution in [3.8, 4) is 0 Å². The van der Waals surface area contributed by atoms with E-state index in [1.807, 2.05) is 4.90 Å². The van der Waals surface area contributed by atoms with E-state index >= 15 is 0 Å². The molecule has 0 unspecified atom stereocenters. The Labute approximate surface area is 152 Å². The molecule has 1 aromatic rings. The Morgan fingerprint density at radius 1 is 1.15 bits per heavy atom. The van der Waals surface area contributed by atoms with Crippen LogP contribution in [0.2, 0.25) is 0 Å². The fourth-order valence-electron chi connectivity index (χ4n) is 3.27. The summed E-state index contributed by atoms with van der Waals surface area (Å²) in [5.74, 6) is 1.16. The number of carbonyl (C=O) groups is 2. The average Bonchev–Trinajstić information content (AvgIpc) is 3.60. The number of hydrogen-bond donors (Lipinski definition) is 2. The van der Waals surface area contributed by atoms with Crippen molar-refractivity contribution in [3.63, 3.8) is 0 Å². The third-order valence-electron chi connectivity index (χ3n) is 5.43. The maximum absolute atomic E-state index is 12.2. The molecular formula is C18H25N5O3. The van der Waals surface area contributed by atoms with E-state index in [9.17, 15) is 14.7 Å². The molecule has 4 rings (SSSR count). The van der Waals surface area contributed by atoms with E-state index in [1.54, 1.807) is 17.0 Å². The van der Waals surface area contributed by atoms with Gasteiger partial charge in [0.2, 0.25) is 0 Å². The largest absolute Gasteiger partial charge is 0.380 e. The zero-order valence-electron chi connectivity index (χ0n) is 14.9. The third-order valence-corrected chi connectivity index (χ3v) is 5.43. The zero-order chi connectivity index (χ0) is 18.1. The van der Waals surface area contributed by atoms with Crippen molar-refractivity contribution in [1.29, 1.82) is 0 Å².